The quantitative estimate of drug-likeness (QED) is 0.919. The van der Waals surface area contributed by atoms with Crippen LogP contribution < -0.4 is 10.5 Å². The Morgan fingerprint density at radius 3 is 2.72 bits per heavy atom. The molecule has 1 heterocycles. The summed E-state index contributed by atoms with van der Waals surface area (Å²) in [4.78, 5) is 3.76. The van der Waals surface area contributed by atoms with Crippen molar-refractivity contribution in [2.75, 3.05) is 5.73 Å². The molecule has 0 aliphatic rings. The number of rotatable bonds is 3. The van der Waals surface area contributed by atoms with Crippen LogP contribution in [0.2, 0.25) is 0 Å². The molecule has 0 aliphatic heterocycles. The van der Waals surface area contributed by atoms with Gasteiger partial charge >= 0.3 is 6.18 Å². The molecule has 96 valence electrons. The summed E-state index contributed by atoms with van der Waals surface area (Å²) in [6.07, 6.45) is -3.17. The molecule has 0 unspecified atom stereocenters. The second-order valence-corrected chi connectivity index (χ2v) is 3.48. The molecule has 0 aliphatic carbocycles. The van der Waals surface area contributed by atoms with Crippen molar-refractivity contribution >= 4 is 5.82 Å². The Hall–Kier alpha value is -2.18. The highest BCUT2D eigenvalue weighted by atomic mass is 19.4. The van der Waals surface area contributed by atoms with Gasteiger partial charge in [-0.1, -0.05) is 6.07 Å². The summed E-state index contributed by atoms with van der Waals surface area (Å²) in [7, 11) is 0. The lowest BCUT2D eigenvalue weighted by atomic mass is 10.2. The highest BCUT2D eigenvalue weighted by molar-refractivity contribution is 5.30. The first-order chi connectivity index (χ1) is 8.45. The average molecular weight is 258 g/mol. The molecular weight excluding hydrogens is 249 g/mol. The lowest BCUT2D eigenvalue weighted by molar-refractivity contribution is -0.137. The Bertz CT molecular complexity index is 537. The highest BCUT2D eigenvalue weighted by Crippen LogP contribution is 2.31. The van der Waals surface area contributed by atoms with Gasteiger partial charge in [-0.2, -0.15) is 18.2 Å². The van der Waals surface area contributed by atoms with Crippen LogP contribution in [-0.2, 0) is 12.8 Å². The van der Waals surface area contributed by atoms with Crippen molar-refractivity contribution in [2.45, 2.75) is 12.8 Å². The summed E-state index contributed by atoms with van der Waals surface area (Å²) >= 11 is 0. The number of hydrogen-bond donors (Lipinski definition) is 1. The Labute approximate surface area is 100 Å². The van der Waals surface area contributed by atoms with E-state index in [-0.39, 0.29) is 24.1 Å². The molecule has 4 nitrogen and oxygen atoms in total. The Kier molecular flexibility index (Phi) is 3.14. The Morgan fingerprint density at radius 1 is 1.33 bits per heavy atom. The predicted octanol–water partition coefficient (Wildman–Crippen LogP) is 2.85. The molecule has 2 rings (SSSR count). The minimum atomic E-state index is -4.40. The predicted molar refractivity (Wildman–Crippen MR) is 56.7 cm³/mol. The van der Waals surface area contributed by atoms with E-state index < -0.39 is 11.7 Å². The van der Waals surface area contributed by atoms with Gasteiger partial charge in [0.1, 0.15) is 12.0 Å². The molecule has 1 aromatic heterocycles. The molecule has 0 spiro atoms. The van der Waals surface area contributed by atoms with Gasteiger partial charge in [0.2, 0.25) is 5.89 Å². The Morgan fingerprint density at radius 2 is 2.11 bits per heavy atom. The molecular formula is C11H9F3N2O2. The van der Waals surface area contributed by atoms with E-state index in [0.29, 0.717) is 0 Å². The minimum Gasteiger partial charge on any atom is -0.484 e. The summed E-state index contributed by atoms with van der Waals surface area (Å²) in [5.41, 5.74) is 4.55. The number of benzene rings is 1. The molecule has 0 atom stereocenters. The number of ether oxygens (including phenoxy) is 1. The van der Waals surface area contributed by atoms with Gasteiger partial charge in [-0.25, -0.2) is 0 Å². The van der Waals surface area contributed by atoms with Crippen molar-refractivity contribution in [3.05, 3.63) is 42.0 Å². The number of anilines is 1. The van der Waals surface area contributed by atoms with Crippen molar-refractivity contribution in [3.8, 4) is 5.75 Å². The van der Waals surface area contributed by atoms with E-state index in [1.165, 1.54) is 18.4 Å². The molecule has 18 heavy (non-hydrogen) atoms. The van der Waals surface area contributed by atoms with Crippen molar-refractivity contribution in [2.24, 2.45) is 0 Å². The van der Waals surface area contributed by atoms with Gasteiger partial charge in [0.15, 0.2) is 12.4 Å². The van der Waals surface area contributed by atoms with Crippen LogP contribution in [0.4, 0.5) is 19.0 Å². The molecule has 0 saturated heterocycles. The highest BCUT2D eigenvalue weighted by Gasteiger charge is 2.30. The summed E-state index contributed by atoms with van der Waals surface area (Å²) in [6, 6.07) is 4.56. The third-order valence-electron chi connectivity index (χ3n) is 2.09. The maximum atomic E-state index is 12.4. The smallest absolute Gasteiger partial charge is 0.416 e. The van der Waals surface area contributed by atoms with E-state index in [1.807, 2.05) is 0 Å². The monoisotopic (exact) mass is 258 g/mol. The summed E-state index contributed by atoms with van der Waals surface area (Å²) < 4.78 is 47.3. The fourth-order valence-electron chi connectivity index (χ4n) is 1.30. The fraction of sp³-hybridized carbons (Fsp3) is 0.182. The number of alkyl halides is 3. The zero-order chi connectivity index (χ0) is 13.2. The van der Waals surface area contributed by atoms with Gasteiger partial charge in [0.05, 0.1) is 5.56 Å². The summed E-state index contributed by atoms with van der Waals surface area (Å²) in [6.45, 7) is -0.0848. The summed E-state index contributed by atoms with van der Waals surface area (Å²) in [5.74, 6) is 0.476. The number of nitrogen functional groups attached to an aromatic ring is 1. The fourth-order valence-corrected chi connectivity index (χ4v) is 1.30. The second kappa shape index (κ2) is 4.59. The van der Waals surface area contributed by atoms with E-state index in [1.54, 1.807) is 0 Å². The topological polar surface area (TPSA) is 61.3 Å². The van der Waals surface area contributed by atoms with Gasteiger partial charge in [-0.05, 0) is 18.2 Å². The van der Waals surface area contributed by atoms with Crippen LogP contribution in [0.25, 0.3) is 0 Å². The number of nitrogens with two attached hydrogens (primary N) is 1. The third-order valence-corrected chi connectivity index (χ3v) is 2.09. The number of oxazole rings is 1. The molecule has 0 saturated carbocycles. The molecule has 2 aromatic rings. The third kappa shape index (κ3) is 2.93. The van der Waals surface area contributed by atoms with Crippen LogP contribution in [0.3, 0.4) is 0 Å². The lowest BCUT2D eigenvalue weighted by Gasteiger charge is -2.08. The molecule has 1 aromatic carbocycles. The van der Waals surface area contributed by atoms with Crippen LogP contribution in [0.1, 0.15) is 11.5 Å². The van der Waals surface area contributed by atoms with Crippen LogP contribution in [0.5, 0.6) is 5.75 Å². The first-order valence-corrected chi connectivity index (χ1v) is 4.95. The molecule has 0 bridgehead atoms. The zero-order valence-corrected chi connectivity index (χ0v) is 9.07. The molecule has 0 radical (unpaired) electrons. The van der Waals surface area contributed by atoms with Crippen molar-refractivity contribution in [1.82, 2.24) is 4.98 Å². The normalized spacial score (nSPS) is 11.5. The average Bonchev–Trinajstić information content (AvgIpc) is 2.72. The van der Waals surface area contributed by atoms with Crippen molar-refractivity contribution < 1.29 is 22.3 Å². The number of hydrogen-bond acceptors (Lipinski definition) is 4. The number of aromatic nitrogens is 1. The summed E-state index contributed by atoms with van der Waals surface area (Å²) in [5, 5.41) is 0. The van der Waals surface area contributed by atoms with Gasteiger partial charge < -0.3 is 14.9 Å². The maximum Gasteiger partial charge on any atom is 0.416 e. The molecule has 7 heteroatoms. The van der Waals surface area contributed by atoms with Crippen molar-refractivity contribution in [1.29, 1.82) is 0 Å². The maximum absolute atomic E-state index is 12.4. The van der Waals surface area contributed by atoms with Gasteiger partial charge in [-0.15, -0.1) is 0 Å². The molecule has 2 N–H and O–H groups in total. The van der Waals surface area contributed by atoms with Gasteiger partial charge in [0, 0.05) is 0 Å². The van der Waals surface area contributed by atoms with E-state index in [4.69, 9.17) is 14.9 Å². The van der Waals surface area contributed by atoms with E-state index in [9.17, 15) is 13.2 Å². The van der Waals surface area contributed by atoms with Crippen LogP contribution in [0.15, 0.2) is 34.9 Å². The van der Waals surface area contributed by atoms with Crippen molar-refractivity contribution in [3.63, 3.8) is 0 Å². The minimum absolute atomic E-state index is 0.0848. The second-order valence-electron chi connectivity index (χ2n) is 3.48. The first kappa shape index (κ1) is 12.3. The van der Waals surface area contributed by atoms with Crippen LogP contribution >= 0.6 is 0 Å². The number of halogens is 3. The molecule has 0 amide bonds. The van der Waals surface area contributed by atoms with Crippen LogP contribution in [0, 0.1) is 0 Å². The zero-order valence-electron chi connectivity index (χ0n) is 9.07. The van der Waals surface area contributed by atoms with Gasteiger partial charge in [-0.3, -0.25) is 0 Å². The van der Waals surface area contributed by atoms with Gasteiger partial charge in [0.25, 0.3) is 0 Å². The number of nitrogens with zero attached hydrogens (tertiary/aromatic N) is 1. The standard InChI is InChI=1S/C11H9F3N2O2/c12-11(13,14)7-2-1-3-8(4-7)17-6-10-16-9(15)5-18-10/h1-5H,6,15H2. The SMILES string of the molecule is Nc1coc(COc2cccc(C(F)(F)F)c2)n1. The largest absolute Gasteiger partial charge is 0.484 e. The van der Waals surface area contributed by atoms with E-state index in [0.717, 1.165) is 12.1 Å². The first-order valence-electron chi connectivity index (χ1n) is 4.95. The lowest BCUT2D eigenvalue weighted by Crippen LogP contribution is -2.05. The van der Waals surface area contributed by atoms with E-state index in [2.05, 4.69) is 4.98 Å². The Balaban J connectivity index is 2.06. The van der Waals surface area contributed by atoms with E-state index >= 15 is 0 Å². The van der Waals surface area contributed by atoms with Crippen LogP contribution in [-0.4, -0.2) is 4.98 Å². The molecule has 0 fully saturated rings.